The Morgan fingerprint density at radius 1 is 0.973 bits per heavy atom. The Morgan fingerprint density at radius 3 is 2.32 bits per heavy atom. The molecule has 2 heterocycles. The van der Waals surface area contributed by atoms with Gasteiger partial charge in [-0.05, 0) is 30.7 Å². The van der Waals surface area contributed by atoms with E-state index in [9.17, 15) is 13.2 Å². The number of para-hydroxylation sites is 1. The van der Waals surface area contributed by atoms with Crippen LogP contribution in [0, 0.1) is 0 Å². The number of benzene rings is 2. The minimum absolute atomic E-state index is 0.146. The van der Waals surface area contributed by atoms with E-state index in [1.165, 1.54) is 35.3 Å². The van der Waals surface area contributed by atoms with Crippen LogP contribution in [0.15, 0.2) is 64.4 Å². The second-order valence-electron chi connectivity index (χ2n) is 8.65. The lowest BCUT2D eigenvalue weighted by Gasteiger charge is -2.36. The van der Waals surface area contributed by atoms with Gasteiger partial charge in [0, 0.05) is 38.8 Å². The molecule has 0 radical (unpaired) electrons. The zero-order chi connectivity index (χ0) is 26.4. The summed E-state index contributed by atoms with van der Waals surface area (Å²) in [6, 6.07) is 13.9. The van der Waals surface area contributed by atoms with E-state index in [0.717, 1.165) is 12.8 Å². The number of anilines is 2. The van der Waals surface area contributed by atoms with Crippen molar-refractivity contribution in [3.8, 4) is 17.2 Å². The molecule has 3 aromatic rings. The van der Waals surface area contributed by atoms with Crippen molar-refractivity contribution in [1.29, 1.82) is 0 Å². The van der Waals surface area contributed by atoms with Gasteiger partial charge in [-0.25, -0.2) is 8.42 Å². The number of aromatic nitrogens is 2. The van der Waals surface area contributed by atoms with Gasteiger partial charge >= 0.3 is 0 Å². The highest BCUT2D eigenvalue weighted by atomic mass is 32.2. The summed E-state index contributed by atoms with van der Waals surface area (Å²) in [5.74, 6) is 0.821. The average Bonchev–Trinajstić information content (AvgIpc) is 2.94. The van der Waals surface area contributed by atoms with Crippen LogP contribution in [-0.2, 0) is 10.0 Å². The summed E-state index contributed by atoms with van der Waals surface area (Å²) in [6.45, 7) is 4.14. The topological polar surface area (TPSA) is 106 Å². The van der Waals surface area contributed by atoms with E-state index in [1.807, 2.05) is 35.2 Å². The number of piperazine rings is 1. The summed E-state index contributed by atoms with van der Waals surface area (Å²) in [5.41, 5.74) is 1.60. The Morgan fingerprint density at radius 2 is 1.68 bits per heavy atom. The van der Waals surface area contributed by atoms with Gasteiger partial charge in [0.25, 0.3) is 5.56 Å². The van der Waals surface area contributed by atoms with Crippen LogP contribution in [0.4, 0.5) is 11.4 Å². The number of nitrogens with one attached hydrogen (secondary N) is 1. The van der Waals surface area contributed by atoms with Crippen molar-refractivity contribution in [1.82, 2.24) is 14.1 Å². The van der Waals surface area contributed by atoms with E-state index in [0.29, 0.717) is 48.2 Å². The first-order valence-corrected chi connectivity index (χ1v) is 13.7. The Kier molecular flexibility index (Phi) is 8.34. The van der Waals surface area contributed by atoms with Crippen LogP contribution < -0.4 is 25.2 Å². The van der Waals surface area contributed by atoms with Gasteiger partial charge in [0.15, 0.2) is 11.5 Å². The maximum Gasteiger partial charge on any atom is 0.296 e. The average molecular weight is 528 g/mol. The lowest BCUT2D eigenvalue weighted by Crippen LogP contribution is -2.49. The zero-order valence-electron chi connectivity index (χ0n) is 21.4. The van der Waals surface area contributed by atoms with Gasteiger partial charge in [-0.3, -0.25) is 4.79 Å². The van der Waals surface area contributed by atoms with Crippen LogP contribution in [0.2, 0.25) is 0 Å². The minimum atomic E-state index is -3.73. The molecule has 37 heavy (non-hydrogen) atoms. The smallest absolute Gasteiger partial charge is 0.296 e. The molecule has 0 amide bonds. The fourth-order valence-electron chi connectivity index (χ4n) is 4.29. The number of hydrogen-bond acceptors (Lipinski definition) is 8. The molecule has 1 aromatic heterocycles. The number of sulfonamides is 1. The van der Waals surface area contributed by atoms with Gasteiger partial charge in [0.2, 0.25) is 10.0 Å². The summed E-state index contributed by atoms with van der Waals surface area (Å²) in [7, 11) is -0.755. The highest BCUT2D eigenvalue weighted by molar-refractivity contribution is 7.89. The van der Waals surface area contributed by atoms with Crippen molar-refractivity contribution in [2.75, 3.05) is 57.2 Å². The van der Waals surface area contributed by atoms with Gasteiger partial charge in [-0.2, -0.15) is 14.1 Å². The van der Waals surface area contributed by atoms with E-state index in [2.05, 4.69) is 17.3 Å². The third-order valence-corrected chi connectivity index (χ3v) is 8.26. The van der Waals surface area contributed by atoms with Gasteiger partial charge < -0.3 is 19.7 Å². The first-order valence-electron chi connectivity index (χ1n) is 12.3. The van der Waals surface area contributed by atoms with Crippen LogP contribution in [0.3, 0.4) is 0 Å². The maximum atomic E-state index is 13.4. The Balaban J connectivity index is 1.57. The van der Waals surface area contributed by atoms with E-state index >= 15 is 0 Å². The van der Waals surface area contributed by atoms with E-state index < -0.39 is 10.0 Å². The van der Waals surface area contributed by atoms with Crippen molar-refractivity contribution in [2.24, 2.45) is 0 Å². The fraction of sp³-hybridized carbons (Fsp3) is 0.385. The highest BCUT2D eigenvalue weighted by Gasteiger charge is 2.30. The Bertz CT molecular complexity index is 1370. The van der Waals surface area contributed by atoms with E-state index in [-0.39, 0.29) is 23.5 Å². The molecular formula is C26H33N5O5S. The molecule has 198 valence electrons. The van der Waals surface area contributed by atoms with Gasteiger partial charge in [0.1, 0.15) is 5.69 Å². The Labute approximate surface area is 217 Å². The lowest BCUT2D eigenvalue weighted by molar-refractivity contribution is 0.353. The summed E-state index contributed by atoms with van der Waals surface area (Å²) in [5, 5.41) is 7.74. The Hall–Kier alpha value is -3.57. The molecule has 0 saturated carbocycles. The first kappa shape index (κ1) is 26.5. The largest absolute Gasteiger partial charge is 0.493 e. The molecule has 10 nitrogen and oxygen atoms in total. The highest BCUT2D eigenvalue weighted by Crippen LogP contribution is 2.31. The molecule has 0 unspecified atom stereocenters. The minimum Gasteiger partial charge on any atom is -0.493 e. The maximum absolute atomic E-state index is 13.4. The number of ether oxygens (including phenoxy) is 2. The summed E-state index contributed by atoms with van der Waals surface area (Å²) in [6.07, 6.45) is 3.60. The third-order valence-electron chi connectivity index (χ3n) is 6.36. The SMILES string of the molecule is CCCCNc1c(N2CCN(S(=O)(=O)c3ccc(OC)c(OC)c3)CC2)cnn(-c2ccccc2)c1=O. The normalized spacial score (nSPS) is 14.4. The number of methoxy groups -OCH3 is 2. The molecular weight excluding hydrogens is 494 g/mol. The molecule has 1 fully saturated rings. The van der Waals surface area contributed by atoms with Crippen LogP contribution in [-0.4, -0.2) is 69.4 Å². The molecule has 4 rings (SSSR count). The second-order valence-corrected chi connectivity index (χ2v) is 10.6. The summed E-state index contributed by atoms with van der Waals surface area (Å²) in [4.78, 5) is 15.6. The van der Waals surface area contributed by atoms with Crippen LogP contribution in [0.1, 0.15) is 19.8 Å². The quantitative estimate of drug-likeness (QED) is 0.401. The number of nitrogens with zero attached hydrogens (tertiary/aromatic N) is 4. The van der Waals surface area contributed by atoms with Crippen molar-refractivity contribution in [3.05, 3.63) is 65.1 Å². The van der Waals surface area contributed by atoms with Gasteiger partial charge in [-0.1, -0.05) is 31.5 Å². The third kappa shape index (κ3) is 5.57. The molecule has 0 spiro atoms. The molecule has 11 heteroatoms. The first-order chi connectivity index (χ1) is 17.9. The van der Waals surface area contributed by atoms with Crippen molar-refractivity contribution < 1.29 is 17.9 Å². The second kappa shape index (κ2) is 11.7. The molecule has 1 saturated heterocycles. The van der Waals surface area contributed by atoms with Crippen molar-refractivity contribution in [2.45, 2.75) is 24.7 Å². The predicted molar refractivity (Wildman–Crippen MR) is 144 cm³/mol. The van der Waals surface area contributed by atoms with Crippen LogP contribution >= 0.6 is 0 Å². The van der Waals surface area contributed by atoms with Crippen molar-refractivity contribution >= 4 is 21.4 Å². The van der Waals surface area contributed by atoms with Crippen LogP contribution in [0.25, 0.3) is 5.69 Å². The summed E-state index contributed by atoms with van der Waals surface area (Å²) < 4.78 is 40.0. The lowest BCUT2D eigenvalue weighted by atomic mass is 10.2. The van der Waals surface area contributed by atoms with E-state index in [1.54, 1.807) is 12.3 Å². The molecule has 0 bridgehead atoms. The number of rotatable bonds is 10. The standard InChI is InChI=1S/C26H33N5O5S/c1-4-5-13-27-25-22(19-28-31(26(25)32)20-9-7-6-8-10-20)29-14-16-30(17-15-29)37(33,34)21-11-12-23(35-2)24(18-21)36-3/h6-12,18-19,27H,4-5,13-17H2,1-3H3. The molecule has 1 N–H and O–H groups in total. The molecule has 2 aromatic carbocycles. The van der Waals surface area contributed by atoms with E-state index in [4.69, 9.17) is 9.47 Å². The number of hydrogen-bond donors (Lipinski definition) is 1. The summed E-state index contributed by atoms with van der Waals surface area (Å²) >= 11 is 0. The molecule has 0 aliphatic carbocycles. The van der Waals surface area contributed by atoms with Gasteiger partial charge in [-0.15, -0.1) is 0 Å². The monoisotopic (exact) mass is 527 g/mol. The van der Waals surface area contributed by atoms with Crippen molar-refractivity contribution in [3.63, 3.8) is 0 Å². The number of unbranched alkanes of at least 4 members (excludes halogenated alkanes) is 1. The molecule has 1 aliphatic rings. The van der Waals surface area contributed by atoms with Gasteiger partial charge in [0.05, 0.1) is 36.7 Å². The molecule has 1 aliphatic heterocycles. The fourth-order valence-corrected chi connectivity index (χ4v) is 5.73. The zero-order valence-corrected chi connectivity index (χ0v) is 22.2. The van der Waals surface area contributed by atoms with Crippen LogP contribution in [0.5, 0.6) is 11.5 Å². The predicted octanol–water partition coefficient (Wildman–Crippen LogP) is 2.97. The molecule has 0 atom stereocenters.